The number of fused-ring (bicyclic) bond motifs is 1. The molecule has 0 spiro atoms. The Bertz CT molecular complexity index is 1060. The molecule has 3 aromatic rings. The van der Waals surface area contributed by atoms with Crippen molar-refractivity contribution >= 4 is 34.6 Å². The zero-order valence-electron chi connectivity index (χ0n) is 17.0. The zero-order valence-corrected chi connectivity index (χ0v) is 17.8. The molecule has 0 atom stereocenters. The van der Waals surface area contributed by atoms with Crippen LogP contribution in [0, 0.1) is 24.4 Å². The van der Waals surface area contributed by atoms with Crippen molar-refractivity contribution in [3.05, 3.63) is 58.7 Å². The highest BCUT2D eigenvalue weighted by Gasteiger charge is 2.26. The standard InChI is InChI=1S/C19H17F3N4OS.C2H6/c1-10-13(21)9-24-19-15(10)11(8-23-19)18(27)16-12(20)4-5-14(17(16)22)25-28-26-6-2-3-7-26;1-2/h4-5,8-9,25H,2-3,6-7H2,1H3,(H,23,24);1-2H3. The van der Waals surface area contributed by atoms with Gasteiger partial charge in [-0.3, -0.25) is 4.79 Å². The smallest absolute Gasteiger partial charge is 0.201 e. The lowest BCUT2D eigenvalue weighted by Gasteiger charge is -2.15. The normalized spacial score (nSPS) is 13.9. The average Bonchev–Trinajstić information content (AvgIpc) is 3.42. The van der Waals surface area contributed by atoms with E-state index in [-0.39, 0.29) is 27.8 Å². The molecule has 1 aliphatic heterocycles. The first kappa shape index (κ1) is 22.2. The minimum Gasteiger partial charge on any atom is -0.345 e. The van der Waals surface area contributed by atoms with Gasteiger partial charge in [0.2, 0.25) is 5.78 Å². The van der Waals surface area contributed by atoms with E-state index in [0.29, 0.717) is 0 Å². The summed E-state index contributed by atoms with van der Waals surface area (Å²) >= 11 is 1.23. The number of aromatic nitrogens is 2. The number of anilines is 1. The van der Waals surface area contributed by atoms with Gasteiger partial charge in [-0.25, -0.2) is 22.5 Å². The Kier molecular flexibility index (Phi) is 7.04. The number of halogens is 3. The summed E-state index contributed by atoms with van der Waals surface area (Å²) in [5, 5.41) is 0.216. The number of hydrogen-bond donors (Lipinski definition) is 2. The fourth-order valence-corrected chi connectivity index (χ4v) is 4.10. The van der Waals surface area contributed by atoms with Crippen molar-refractivity contribution in [2.75, 3.05) is 17.8 Å². The van der Waals surface area contributed by atoms with Gasteiger partial charge >= 0.3 is 0 Å². The van der Waals surface area contributed by atoms with E-state index in [4.69, 9.17) is 0 Å². The van der Waals surface area contributed by atoms with Gasteiger partial charge in [-0.05, 0) is 37.5 Å². The molecule has 0 bridgehead atoms. The maximum atomic E-state index is 15.0. The lowest BCUT2D eigenvalue weighted by Crippen LogP contribution is -2.14. The number of aryl methyl sites for hydroxylation is 1. The van der Waals surface area contributed by atoms with Crippen molar-refractivity contribution in [2.24, 2.45) is 0 Å². The number of H-pyrrole nitrogens is 1. The number of pyridine rings is 1. The van der Waals surface area contributed by atoms with Gasteiger partial charge in [0.25, 0.3) is 0 Å². The molecular formula is C21H23F3N4OS. The summed E-state index contributed by atoms with van der Waals surface area (Å²) in [4.78, 5) is 19.6. The number of hydrogen-bond acceptors (Lipinski definition) is 5. The van der Waals surface area contributed by atoms with E-state index in [1.165, 1.54) is 31.3 Å². The number of carbonyl (C=O) groups is 1. The Morgan fingerprint density at radius 1 is 1.17 bits per heavy atom. The molecule has 0 unspecified atom stereocenters. The number of nitrogens with one attached hydrogen (secondary N) is 2. The molecule has 5 nitrogen and oxygen atoms in total. The van der Waals surface area contributed by atoms with Gasteiger partial charge in [0.15, 0.2) is 5.82 Å². The second-order valence-corrected chi connectivity index (χ2v) is 7.50. The third-order valence-electron chi connectivity index (χ3n) is 4.81. The van der Waals surface area contributed by atoms with Crippen molar-refractivity contribution in [3.63, 3.8) is 0 Å². The van der Waals surface area contributed by atoms with E-state index in [0.717, 1.165) is 38.2 Å². The molecule has 9 heteroatoms. The maximum absolute atomic E-state index is 15.0. The molecule has 1 aliphatic rings. The van der Waals surface area contributed by atoms with Gasteiger partial charge in [0.1, 0.15) is 17.3 Å². The first-order valence-corrected chi connectivity index (χ1v) is 10.6. The van der Waals surface area contributed by atoms with E-state index in [2.05, 4.69) is 14.7 Å². The molecule has 4 rings (SSSR count). The predicted octanol–water partition coefficient (Wildman–Crippen LogP) is 5.62. The van der Waals surface area contributed by atoms with Crippen molar-refractivity contribution in [1.29, 1.82) is 0 Å². The third-order valence-corrected chi connectivity index (χ3v) is 5.75. The average molecular weight is 437 g/mol. The molecule has 1 fully saturated rings. The highest BCUT2D eigenvalue weighted by molar-refractivity contribution is 7.98. The summed E-state index contributed by atoms with van der Waals surface area (Å²) in [7, 11) is 0. The molecule has 1 saturated heterocycles. The summed E-state index contributed by atoms with van der Waals surface area (Å²) in [6.45, 7) is 7.24. The summed E-state index contributed by atoms with van der Waals surface area (Å²) in [6, 6.07) is 2.30. The van der Waals surface area contributed by atoms with Crippen LogP contribution in [0.4, 0.5) is 18.9 Å². The van der Waals surface area contributed by atoms with Crippen LogP contribution in [0.2, 0.25) is 0 Å². The molecule has 0 amide bonds. The van der Waals surface area contributed by atoms with Crippen molar-refractivity contribution < 1.29 is 18.0 Å². The third kappa shape index (κ3) is 4.17. The van der Waals surface area contributed by atoms with Crippen molar-refractivity contribution in [1.82, 2.24) is 14.3 Å². The molecule has 30 heavy (non-hydrogen) atoms. The second-order valence-electron chi connectivity index (χ2n) is 6.60. The Balaban J connectivity index is 0.00000124. The lowest BCUT2D eigenvalue weighted by atomic mass is 9.99. The second kappa shape index (κ2) is 9.53. The van der Waals surface area contributed by atoms with Crippen LogP contribution in [0.15, 0.2) is 24.5 Å². The SMILES string of the molecule is CC.Cc1c(F)cnc2[nH]cc(C(=O)c3c(F)ccc(NSN4CCCC4)c3F)c12. The summed E-state index contributed by atoms with van der Waals surface area (Å²) < 4.78 is 48.1. The number of rotatable bonds is 5. The molecule has 2 aromatic heterocycles. The Morgan fingerprint density at radius 2 is 1.87 bits per heavy atom. The van der Waals surface area contributed by atoms with Crippen molar-refractivity contribution in [3.8, 4) is 0 Å². The number of benzene rings is 1. The Hall–Kier alpha value is -2.52. The van der Waals surface area contributed by atoms with Gasteiger partial charge in [0, 0.05) is 36.8 Å². The fourth-order valence-electron chi connectivity index (χ4n) is 3.28. The maximum Gasteiger partial charge on any atom is 0.201 e. The van der Waals surface area contributed by atoms with Crippen molar-refractivity contribution in [2.45, 2.75) is 33.6 Å². The first-order valence-electron chi connectivity index (χ1n) is 9.80. The van der Waals surface area contributed by atoms with Crippen LogP contribution >= 0.6 is 12.1 Å². The summed E-state index contributed by atoms with van der Waals surface area (Å²) in [6.07, 6.45) is 4.46. The number of nitrogens with zero attached hydrogens (tertiary/aromatic N) is 2. The fraction of sp³-hybridized carbons (Fsp3) is 0.333. The first-order chi connectivity index (χ1) is 14.5. The molecule has 160 valence electrons. The van der Waals surface area contributed by atoms with Crippen LogP contribution in [0.25, 0.3) is 11.0 Å². The monoisotopic (exact) mass is 436 g/mol. The highest BCUT2D eigenvalue weighted by Crippen LogP contribution is 2.30. The molecule has 0 aliphatic carbocycles. The number of ketones is 1. The minimum atomic E-state index is -0.979. The summed E-state index contributed by atoms with van der Waals surface area (Å²) in [5.41, 5.74) is -0.225. The molecule has 3 heterocycles. The molecule has 0 radical (unpaired) electrons. The number of carbonyl (C=O) groups excluding carboxylic acids is 1. The Labute approximate surface area is 177 Å². The van der Waals surface area contributed by atoms with E-state index in [1.807, 2.05) is 18.2 Å². The topological polar surface area (TPSA) is 61.0 Å². The van der Waals surface area contributed by atoms with Gasteiger partial charge in [0.05, 0.1) is 23.0 Å². The van der Waals surface area contributed by atoms with E-state index < -0.39 is 28.8 Å². The Morgan fingerprint density at radius 3 is 2.57 bits per heavy atom. The van der Waals surface area contributed by atoms with Crippen LogP contribution in [0.1, 0.15) is 48.2 Å². The van der Waals surface area contributed by atoms with Gasteiger partial charge in [-0.15, -0.1) is 0 Å². The van der Waals surface area contributed by atoms with Crippen LogP contribution in [-0.4, -0.2) is 33.1 Å². The lowest BCUT2D eigenvalue weighted by molar-refractivity contribution is 0.103. The highest BCUT2D eigenvalue weighted by atomic mass is 32.2. The zero-order chi connectivity index (χ0) is 21.8. The van der Waals surface area contributed by atoms with E-state index >= 15 is 0 Å². The van der Waals surface area contributed by atoms with Gasteiger partial charge in [-0.2, -0.15) is 0 Å². The molecule has 2 N–H and O–H groups in total. The summed E-state index contributed by atoms with van der Waals surface area (Å²) in [5.74, 6) is -3.42. The van der Waals surface area contributed by atoms with Crippen LogP contribution in [0.3, 0.4) is 0 Å². The largest absolute Gasteiger partial charge is 0.345 e. The number of aromatic amines is 1. The van der Waals surface area contributed by atoms with Crippen LogP contribution < -0.4 is 4.72 Å². The van der Waals surface area contributed by atoms with Gasteiger partial charge < -0.3 is 9.71 Å². The van der Waals surface area contributed by atoms with Crippen LogP contribution in [0.5, 0.6) is 0 Å². The van der Waals surface area contributed by atoms with E-state index in [1.54, 1.807) is 0 Å². The van der Waals surface area contributed by atoms with Gasteiger partial charge in [-0.1, -0.05) is 13.8 Å². The van der Waals surface area contributed by atoms with Crippen LogP contribution in [-0.2, 0) is 0 Å². The predicted molar refractivity (Wildman–Crippen MR) is 114 cm³/mol. The molecule has 0 saturated carbocycles. The quantitative estimate of drug-likeness (QED) is 0.402. The minimum absolute atomic E-state index is 0.0162. The van der Waals surface area contributed by atoms with E-state index in [9.17, 15) is 18.0 Å². The molecular weight excluding hydrogens is 413 g/mol. The molecule has 1 aromatic carbocycles.